The third-order valence-electron chi connectivity index (χ3n) is 11.3. The topological polar surface area (TPSA) is 18.1 Å². The van der Waals surface area contributed by atoms with Gasteiger partial charge in [-0.05, 0) is 102 Å². The zero-order valence-electron chi connectivity index (χ0n) is 28.1. The summed E-state index contributed by atoms with van der Waals surface area (Å²) in [5.74, 6) is 0. The van der Waals surface area contributed by atoms with E-state index in [2.05, 4.69) is 180 Å². The van der Waals surface area contributed by atoms with Crippen LogP contribution < -0.4 is 0 Å². The highest BCUT2D eigenvalue weighted by Crippen LogP contribution is 2.49. The fraction of sp³-hybridized carbons (Fsp3) is 0. The van der Waals surface area contributed by atoms with Gasteiger partial charge in [-0.15, -0.1) is 0 Å². The first-order chi connectivity index (χ1) is 25.8. The molecular weight excluding hydrogens is 631 g/mol. The van der Waals surface area contributed by atoms with E-state index in [9.17, 15) is 0 Å². The lowest BCUT2D eigenvalue weighted by Crippen LogP contribution is -1.99. The number of hydrogen-bond donors (Lipinski definition) is 0. The predicted octanol–water partition coefficient (Wildman–Crippen LogP) is 14.1. The quantitative estimate of drug-likeness (QED) is 0.136. The number of furan rings is 1. The summed E-state index contributed by atoms with van der Waals surface area (Å²) >= 11 is 0. The van der Waals surface area contributed by atoms with Crippen LogP contribution in [0, 0.1) is 0 Å². The second-order valence-electron chi connectivity index (χ2n) is 14.0. The Morgan fingerprint density at radius 3 is 1.69 bits per heavy atom. The lowest BCUT2D eigenvalue weighted by molar-refractivity contribution is 0.669. The minimum absolute atomic E-state index is 0.934. The molecule has 0 saturated heterocycles. The second kappa shape index (κ2) is 10.3. The van der Waals surface area contributed by atoms with Gasteiger partial charge >= 0.3 is 0 Å². The van der Waals surface area contributed by atoms with Gasteiger partial charge in [0.1, 0.15) is 11.2 Å². The molecule has 0 radical (unpaired) electrons. The highest BCUT2D eigenvalue weighted by molar-refractivity contribution is 6.29. The first kappa shape index (κ1) is 27.9. The summed E-state index contributed by atoms with van der Waals surface area (Å²) in [7, 11) is 0. The minimum atomic E-state index is 0.934. The molecule has 12 aromatic rings. The molecule has 0 aliphatic rings. The molecule has 0 fully saturated rings. The first-order valence-electron chi connectivity index (χ1n) is 17.9. The molecule has 240 valence electrons. The Bertz CT molecular complexity index is 3360. The smallest absolute Gasteiger partial charge is 0.136 e. The molecule has 10 aromatic carbocycles. The van der Waals surface area contributed by atoms with Gasteiger partial charge in [-0.25, -0.2) is 0 Å². The number of benzene rings is 10. The number of aromatic nitrogens is 1. The van der Waals surface area contributed by atoms with Crippen molar-refractivity contribution in [3.63, 3.8) is 0 Å². The molecule has 0 aliphatic heterocycles. The summed E-state index contributed by atoms with van der Waals surface area (Å²) in [6.45, 7) is 0. The summed E-state index contributed by atoms with van der Waals surface area (Å²) < 4.78 is 8.87. The number of para-hydroxylation sites is 2. The van der Waals surface area contributed by atoms with E-state index in [1.807, 2.05) is 0 Å². The van der Waals surface area contributed by atoms with Crippen LogP contribution in [0.15, 0.2) is 180 Å². The Kier molecular flexibility index (Phi) is 5.53. The monoisotopic (exact) mass is 659 g/mol. The highest BCUT2D eigenvalue weighted by atomic mass is 16.3. The summed E-state index contributed by atoms with van der Waals surface area (Å²) in [6, 6.07) is 64.4. The summed E-state index contributed by atoms with van der Waals surface area (Å²) in [5.41, 5.74) is 10.4. The van der Waals surface area contributed by atoms with Crippen molar-refractivity contribution in [1.29, 1.82) is 0 Å². The Morgan fingerprint density at radius 2 is 0.923 bits per heavy atom. The van der Waals surface area contributed by atoms with E-state index in [-0.39, 0.29) is 0 Å². The summed E-state index contributed by atoms with van der Waals surface area (Å²) in [4.78, 5) is 0. The van der Waals surface area contributed by atoms with Gasteiger partial charge in [-0.3, -0.25) is 0 Å². The van der Waals surface area contributed by atoms with Crippen molar-refractivity contribution in [3.8, 4) is 27.9 Å². The molecule has 0 N–H and O–H groups in total. The molecule has 0 bridgehead atoms. The van der Waals surface area contributed by atoms with Crippen LogP contribution in [-0.2, 0) is 0 Å². The Hall–Kier alpha value is -6.90. The zero-order valence-corrected chi connectivity index (χ0v) is 28.1. The van der Waals surface area contributed by atoms with Crippen LogP contribution in [0.25, 0.3) is 115 Å². The van der Waals surface area contributed by atoms with E-state index in [1.165, 1.54) is 104 Å². The van der Waals surface area contributed by atoms with E-state index in [0.29, 0.717) is 0 Å². The number of hydrogen-bond acceptors (Lipinski definition) is 1. The van der Waals surface area contributed by atoms with Crippen molar-refractivity contribution in [3.05, 3.63) is 176 Å². The van der Waals surface area contributed by atoms with Crippen molar-refractivity contribution < 1.29 is 4.42 Å². The third kappa shape index (κ3) is 3.68. The highest BCUT2D eigenvalue weighted by Gasteiger charge is 2.23. The Labute approximate surface area is 298 Å². The van der Waals surface area contributed by atoms with E-state index in [0.717, 1.165) is 11.2 Å². The van der Waals surface area contributed by atoms with Crippen molar-refractivity contribution >= 4 is 86.8 Å². The van der Waals surface area contributed by atoms with Gasteiger partial charge in [0, 0.05) is 27.1 Å². The molecule has 0 saturated carbocycles. The molecular formula is C50H29NO. The molecule has 0 atom stereocenters. The number of rotatable bonds is 3. The molecule has 2 heteroatoms. The largest absolute Gasteiger partial charge is 0.456 e. The van der Waals surface area contributed by atoms with Crippen molar-refractivity contribution in [1.82, 2.24) is 4.57 Å². The molecule has 0 unspecified atom stereocenters. The molecule has 2 heterocycles. The van der Waals surface area contributed by atoms with Crippen LogP contribution in [0.3, 0.4) is 0 Å². The van der Waals surface area contributed by atoms with Crippen LogP contribution in [0.2, 0.25) is 0 Å². The lowest BCUT2D eigenvalue weighted by Gasteiger charge is -2.21. The standard InChI is InChI=1S/C50H29NO/c1-2-13-32-29-44-41(28-31(32)12-1)33-15-7-9-21-42(33)51(44)43-22-10-8-20-40(43)49-36-18-5-3-16-34(36)48(35-17-4-6-19-37(35)49)38-26-27-46-50-39(38)25-24-30-14-11-23-45(52-46)47(30)50/h1-29H. The molecule has 2 nitrogen and oxygen atoms in total. The Balaban J connectivity index is 1.20. The van der Waals surface area contributed by atoms with Crippen LogP contribution >= 0.6 is 0 Å². The molecule has 2 aromatic heterocycles. The minimum Gasteiger partial charge on any atom is -0.456 e. The molecule has 12 rings (SSSR count). The summed E-state index contributed by atoms with van der Waals surface area (Å²) in [5, 5.41) is 14.8. The second-order valence-corrected chi connectivity index (χ2v) is 14.0. The fourth-order valence-corrected chi connectivity index (χ4v) is 9.17. The van der Waals surface area contributed by atoms with Crippen LogP contribution in [-0.4, -0.2) is 4.57 Å². The van der Waals surface area contributed by atoms with Crippen LogP contribution in [0.5, 0.6) is 0 Å². The molecule has 0 aliphatic carbocycles. The summed E-state index contributed by atoms with van der Waals surface area (Å²) in [6.07, 6.45) is 0. The van der Waals surface area contributed by atoms with Crippen molar-refractivity contribution in [2.75, 3.05) is 0 Å². The van der Waals surface area contributed by atoms with E-state index in [1.54, 1.807) is 0 Å². The third-order valence-corrected chi connectivity index (χ3v) is 11.3. The number of fused-ring (bicyclic) bond motifs is 6. The molecule has 0 spiro atoms. The molecule has 0 amide bonds. The van der Waals surface area contributed by atoms with Gasteiger partial charge in [0.05, 0.1) is 16.7 Å². The average Bonchev–Trinajstić information content (AvgIpc) is 3.74. The maximum Gasteiger partial charge on any atom is 0.136 e. The molecule has 52 heavy (non-hydrogen) atoms. The van der Waals surface area contributed by atoms with E-state index < -0.39 is 0 Å². The van der Waals surface area contributed by atoms with Crippen LogP contribution in [0.4, 0.5) is 0 Å². The maximum absolute atomic E-state index is 6.39. The van der Waals surface area contributed by atoms with Gasteiger partial charge < -0.3 is 8.98 Å². The van der Waals surface area contributed by atoms with Gasteiger partial charge in [-0.2, -0.15) is 0 Å². The van der Waals surface area contributed by atoms with Crippen molar-refractivity contribution in [2.45, 2.75) is 0 Å². The van der Waals surface area contributed by atoms with Crippen LogP contribution in [0.1, 0.15) is 0 Å². The van der Waals surface area contributed by atoms with Gasteiger partial charge in [-0.1, -0.05) is 133 Å². The van der Waals surface area contributed by atoms with Gasteiger partial charge in [0.25, 0.3) is 0 Å². The lowest BCUT2D eigenvalue weighted by atomic mass is 9.84. The average molecular weight is 660 g/mol. The van der Waals surface area contributed by atoms with E-state index >= 15 is 0 Å². The van der Waals surface area contributed by atoms with Gasteiger partial charge in [0.15, 0.2) is 0 Å². The first-order valence-corrected chi connectivity index (χ1v) is 17.9. The SMILES string of the molecule is c1ccc(-n2c3ccccc3c3cc4ccccc4cc32)c(-c2c3ccccc3c(-c3ccc4oc5cccc6ccc3c4c65)c3ccccc23)c1. The predicted molar refractivity (Wildman–Crippen MR) is 220 cm³/mol. The fourth-order valence-electron chi connectivity index (χ4n) is 9.17. The Morgan fingerprint density at radius 1 is 0.327 bits per heavy atom. The zero-order chi connectivity index (χ0) is 33.9. The van der Waals surface area contributed by atoms with Gasteiger partial charge in [0.2, 0.25) is 0 Å². The van der Waals surface area contributed by atoms with E-state index in [4.69, 9.17) is 4.42 Å². The maximum atomic E-state index is 6.39. The van der Waals surface area contributed by atoms with Crippen molar-refractivity contribution in [2.24, 2.45) is 0 Å². The normalized spacial score (nSPS) is 12.2. The number of nitrogens with zero attached hydrogens (tertiary/aromatic N) is 1.